The van der Waals surface area contributed by atoms with Crippen molar-refractivity contribution in [2.45, 2.75) is 38.8 Å². The Labute approximate surface area is 175 Å². The molecule has 0 radical (unpaired) electrons. The van der Waals surface area contributed by atoms with Gasteiger partial charge in [0.25, 0.3) is 0 Å². The van der Waals surface area contributed by atoms with Crippen molar-refractivity contribution in [3.63, 3.8) is 0 Å². The molecule has 3 fully saturated rings. The summed E-state index contributed by atoms with van der Waals surface area (Å²) < 4.78 is 11.9. The summed E-state index contributed by atoms with van der Waals surface area (Å²) >= 11 is 1.60. The van der Waals surface area contributed by atoms with Crippen molar-refractivity contribution in [3.05, 3.63) is 35.5 Å². The number of aromatic nitrogens is 1. The third-order valence-electron chi connectivity index (χ3n) is 6.54. The number of hydrogen-bond acceptors (Lipinski definition) is 6. The molecular formula is C22H27N3O3S. The fourth-order valence-corrected chi connectivity index (χ4v) is 5.40. The second-order valence-corrected chi connectivity index (χ2v) is 9.94. The van der Waals surface area contributed by atoms with Crippen molar-refractivity contribution in [1.82, 2.24) is 15.2 Å². The number of piperidine rings is 3. The van der Waals surface area contributed by atoms with E-state index in [1.165, 1.54) is 0 Å². The summed E-state index contributed by atoms with van der Waals surface area (Å²) in [7, 11) is 0. The smallest absolute Gasteiger partial charge is 0.407 e. The predicted molar refractivity (Wildman–Crippen MR) is 112 cm³/mol. The average molecular weight is 414 g/mol. The molecule has 2 bridgehead atoms. The number of carbonyl (C=O) groups excluding carboxylic acids is 1. The van der Waals surface area contributed by atoms with E-state index in [0.717, 1.165) is 54.2 Å². The van der Waals surface area contributed by atoms with Crippen LogP contribution in [0.5, 0.6) is 5.75 Å². The van der Waals surface area contributed by atoms with E-state index >= 15 is 0 Å². The van der Waals surface area contributed by atoms with Crippen LogP contribution >= 0.6 is 11.3 Å². The van der Waals surface area contributed by atoms with Gasteiger partial charge in [0.05, 0.1) is 23.0 Å². The Morgan fingerprint density at radius 3 is 2.86 bits per heavy atom. The van der Waals surface area contributed by atoms with Crippen LogP contribution in [0.15, 0.2) is 29.9 Å². The van der Waals surface area contributed by atoms with Crippen LogP contribution in [0.2, 0.25) is 0 Å². The molecule has 2 atom stereocenters. The maximum absolute atomic E-state index is 12.8. The molecule has 1 N–H and O–H groups in total. The molecule has 1 amide bonds. The lowest BCUT2D eigenvalue weighted by molar-refractivity contribution is -0.0361. The Bertz CT molecular complexity index is 891. The molecule has 7 heteroatoms. The molecule has 154 valence electrons. The topological polar surface area (TPSA) is 63.7 Å². The number of ether oxygens (including phenoxy) is 2. The van der Waals surface area contributed by atoms with Gasteiger partial charge >= 0.3 is 6.09 Å². The summed E-state index contributed by atoms with van der Waals surface area (Å²) in [5, 5.41) is 3.16. The highest BCUT2D eigenvalue weighted by Gasteiger charge is 2.41. The number of fused-ring (bicyclic) bond motifs is 4. The van der Waals surface area contributed by atoms with Gasteiger partial charge in [0.15, 0.2) is 0 Å². The zero-order chi connectivity index (χ0) is 20.0. The van der Waals surface area contributed by atoms with Gasteiger partial charge in [0, 0.05) is 23.7 Å². The molecule has 1 aromatic carbocycles. The maximum Gasteiger partial charge on any atom is 0.407 e. The number of carbonyl (C=O) groups is 1. The number of benzene rings is 1. The Kier molecular flexibility index (Phi) is 4.75. The molecule has 29 heavy (non-hydrogen) atoms. The van der Waals surface area contributed by atoms with E-state index in [9.17, 15) is 4.79 Å². The van der Waals surface area contributed by atoms with E-state index in [2.05, 4.69) is 41.2 Å². The third-order valence-corrected chi connectivity index (χ3v) is 7.36. The summed E-state index contributed by atoms with van der Waals surface area (Å²) in [6.45, 7) is 7.91. The van der Waals surface area contributed by atoms with Crippen molar-refractivity contribution < 1.29 is 14.3 Å². The minimum atomic E-state index is -0.318. The largest absolute Gasteiger partial charge is 0.493 e. The Morgan fingerprint density at radius 1 is 1.34 bits per heavy atom. The van der Waals surface area contributed by atoms with Crippen LogP contribution in [0.25, 0.3) is 10.4 Å². The molecule has 1 unspecified atom stereocenters. The van der Waals surface area contributed by atoms with Gasteiger partial charge in [-0.2, -0.15) is 0 Å². The van der Waals surface area contributed by atoms with Gasteiger partial charge in [-0.05, 0) is 43.5 Å². The third kappa shape index (κ3) is 3.62. The zero-order valence-corrected chi connectivity index (χ0v) is 17.7. The molecular weight excluding hydrogens is 386 g/mol. The van der Waals surface area contributed by atoms with Gasteiger partial charge in [-0.15, -0.1) is 11.3 Å². The first-order valence-electron chi connectivity index (χ1n) is 10.3. The number of nitrogens with one attached hydrogen (secondary N) is 1. The van der Waals surface area contributed by atoms with Crippen LogP contribution in [0, 0.1) is 11.3 Å². The summed E-state index contributed by atoms with van der Waals surface area (Å²) in [6.07, 6.45) is 3.81. The molecule has 6 nitrogen and oxygen atoms in total. The van der Waals surface area contributed by atoms with Gasteiger partial charge in [0.2, 0.25) is 0 Å². The van der Waals surface area contributed by atoms with E-state index in [1.54, 1.807) is 11.3 Å². The van der Waals surface area contributed by atoms with Crippen LogP contribution < -0.4 is 10.1 Å². The molecule has 4 aliphatic rings. The SMILES string of the molecule is CC1(C)COc2cc(-c3cncs3)ccc2C1NC(=O)O[C@H]1CN2CCC1CC2. The van der Waals surface area contributed by atoms with Crippen molar-refractivity contribution in [1.29, 1.82) is 0 Å². The summed E-state index contributed by atoms with van der Waals surface area (Å²) in [4.78, 5) is 20.5. The van der Waals surface area contributed by atoms with Gasteiger partial charge in [0.1, 0.15) is 11.9 Å². The van der Waals surface area contributed by atoms with Crippen LogP contribution in [0.3, 0.4) is 0 Å². The highest BCUT2D eigenvalue weighted by Crippen LogP contribution is 2.44. The van der Waals surface area contributed by atoms with E-state index in [4.69, 9.17) is 9.47 Å². The van der Waals surface area contributed by atoms with Crippen LogP contribution in [0.1, 0.15) is 38.3 Å². The van der Waals surface area contributed by atoms with Gasteiger partial charge in [-0.3, -0.25) is 9.88 Å². The predicted octanol–water partition coefficient (Wildman–Crippen LogP) is 4.09. The minimum absolute atomic E-state index is 0.00799. The maximum atomic E-state index is 12.8. The molecule has 5 heterocycles. The molecule has 0 saturated carbocycles. The van der Waals surface area contributed by atoms with Gasteiger partial charge in [-0.1, -0.05) is 26.0 Å². The zero-order valence-electron chi connectivity index (χ0n) is 16.9. The summed E-state index contributed by atoms with van der Waals surface area (Å²) in [5.74, 6) is 1.33. The average Bonchev–Trinajstić information content (AvgIpc) is 3.26. The fraction of sp³-hybridized carbons (Fsp3) is 0.545. The summed E-state index contributed by atoms with van der Waals surface area (Å²) in [6, 6.07) is 6.02. The number of thiazole rings is 1. The van der Waals surface area contributed by atoms with Gasteiger partial charge in [-0.25, -0.2) is 4.79 Å². The first kappa shape index (κ1) is 18.9. The lowest BCUT2D eigenvalue weighted by Crippen LogP contribution is -2.53. The quantitative estimate of drug-likeness (QED) is 0.821. The summed E-state index contributed by atoms with van der Waals surface area (Å²) in [5.41, 5.74) is 3.68. The van der Waals surface area contributed by atoms with Crippen molar-refractivity contribution in [3.8, 4) is 16.2 Å². The highest BCUT2D eigenvalue weighted by atomic mass is 32.1. The molecule has 2 aromatic rings. The molecule has 0 aliphatic carbocycles. The van der Waals surface area contributed by atoms with Crippen LogP contribution in [-0.2, 0) is 4.74 Å². The highest BCUT2D eigenvalue weighted by molar-refractivity contribution is 7.13. The van der Waals surface area contributed by atoms with Gasteiger partial charge < -0.3 is 14.8 Å². The second kappa shape index (κ2) is 7.29. The number of nitrogens with zero attached hydrogens (tertiary/aromatic N) is 2. The second-order valence-electron chi connectivity index (χ2n) is 9.05. The molecule has 4 aliphatic heterocycles. The number of amides is 1. The van der Waals surface area contributed by atoms with E-state index < -0.39 is 0 Å². The molecule has 1 aromatic heterocycles. The van der Waals surface area contributed by atoms with Crippen molar-refractivity contribution >= 4 is 17.4 Å². The van der Waals surface area contributed by atoms with E-state index in [-0.39, 0.29) is 23.7 Å². The first-order valence-corrected chi connectivity index (χ1v) is 11.2. The Morgan fingerprint density at radius 2 is 2.17 bits per heavy atom. The fourth-order valence-electron chi connectivity index (χ4n) is 4.78. The van der Waals surface area contributed by atoms with Crippen molar-refractivity contribution in [2.75, 3.05) is 26.2 Å². The molecule has 0 spiro atoms. The van der Waals surface area contributed by atoms with Crippen molar-refractivity contribution in [2.24, 2.45) is 11.3 Å². The monoisotopic (exact) mass is 413 g/mol. The lowest BCUT2D eigenvalue weighted by atomic mass is 9.79. The normalized spacial score (nSPS) is 29.6. The molecule has 3 saturated heterocycles. The first-order chi connectivity index (χ1) is 14.0. The minimum Gasteiger partial charge on any atom is -0.493 e. The van der Waals surface area contributed by atoms with E-state index in [1.807, 2.05) is 17.8 Å². The number of rotatable bonds is 3. The standard InChI is InChI=1S/C22H27N3O3S/c1-22(2)12-27-17-9-15(19-10-23-13-29-19)3-4-16(17)20(22)24-21(26)28-18-11-25-7-5-14(18)6-8-25/h3-4,9-10,13-14,18,20H,5-8,11-12H2,1-2H3,(H,24,26)/t18-,20?/m0/s1. The number of alkyl carbamates (subject to hydrolysis) is 1. The van der Waals surface area contributed by atoms with E-state index in [0.29, 0.717) is 12.5 Å². The lowest BCUT2D eigenvalue weighted by Gasteiger charge is -2.44. The van der Waals surface area contributed by atoms with Crippen LogP contribution in [-0.4, -0.2) is 48.3 Å². The molecule has 6 rings (SSSR count). The Balaban J connectivity index is 1.34. The Hall–Kier alpha value is -2.12. The number of hydrogen-bond donors (Lipinski definition) is 1. The van der Waals surface area contributed by atoms with Crippen LogP contribution in [0.4, 0.5) is 4.79 Å².